The fraction of sp³-hybridized carbons (Fsp3) is 0.333. The van der Waals surface area contributed by atoms with Crippen LogP contribution in [0.4, 0.5) is 0 Å². The summed E-state index contributed by atoms with van der Waals surface area (Å²) in [4.78, 5) is 21.8. The van der Waals surface area contributed by atoms with Crippen molar-refractivity contribution >= 4 is 16.9 Å². The summed E-state index contributed by atoms with van der Waals surface area (Å²) >= 11 is 0. The van der Waals surface area contributed by atoms with E-state index < -0.39 is 0 Å². The second-order valence-corrected chi connectivity index (χ2v) is 6.39. The van der Waals surface area contributed by atoms with Gasteiger partial charge in [-0.1, -0.05) is 6.92 Å². The van der Waals surface area contributed by atoms with Crippen LogP contribution >= 0.6 is 0 Å². The van der Waals surface area contributed by atoms with E-state index in [2.05, 4.69) is 33.2 Å². The molecule has 25 heavy (non-hydrogen) atoms. The Bertz CT molecular complexity index is 917. The van der Waals surface area contributed by atoms with E-state index in [1.807, 2.05) is 12.3 Å². The molecule has 0 bridgehead atoms. The number of aryl methyl sites for hydroxylation is 1. The molecule has 1 atom stereocenters. The number of nitrogens with two attached hydrogens (primary N) is 1. The van der Waals surface area contributed by atoms with Gasteiger partial charge in [-0.15, -0.1) is 10.2 Å². The maximum absolute atomic E-state index is 12.4. The minimum atomic E-state index is -0.112. The molecule has 1 unspecified atom stereocenters. The lowest BCUT2D eigenvalue weighted by atomic mass is 10.1. The number of carbonyl (C=O) groups excluding carboxylic acids is 1. The number of rotatable bonds is 3. The molecule has 3 aromatic rings. The summed E-state index contributed by atoms with van der Waals surface area (Å²) < 4.78 is 0. The highest BCUT2D eigenvalue weighted by Gasteiger charge is 2.25. The van der Waals surface area contributed by atoms with Gasteiger partial charge in [-0.3, -0.25) is 4.79 Å². The molecule has 0 aromatic carbocycles. The molecule has 1 fully saturated rings. The highest BCUT2D eigenvalue weighted by molar-refractivity contribution is 5.92. The summed E-state index contributed by atoms with van der Waals surface area (Å²) in [5.74, 6) is -0.112. The average Bonchev–Trinajstić information content (AvgIpc) is 3.26. The third-order valence-corrected chi connectivity index (χ3v) is 4.69. The second-order valence-electron chi connectivity index (χ2n) is 6.39. The molecule has 0 spiro atoms. The smallest absolute Gasteiger partial charge is 0.274 e. The van der Waals surface area contributed by atoms with Crippen molar-refractivity contribution < 1.29 is 4.79 Å². The number of hydrogen-bond donors (Lipinski definition) is 2. The van der Waals surface area contributed by atoms with Gasteiger partial charge in [-0.2, -0.15) is 0 Å². The molecule has 4 rings (SSSR count). The summed E-state index contributed by atoms with van der Waals surface area (Å²) in [6.07, 6.45) is 5.51. The fourth-order valence-corrected chi connectivity index (χ4v) is 3.22. The number of carbonyl (C=O) groups is 1. The molecule has 3 N–H and O–H groups in total. The molecule has 128 valence electrons. The van der Waals surface area contributed by atoms with Gasteiger partial charge >= 0.3 is 0 Å². The molecule has 3 aromatic heterocycles. The molecule has 7 nitrogen and oxygen atoms in total. The van der Waals surface area contributed by atoms with Gasteiger partial charge in [0, 0.05) is 42.5 Å². The second kappa shape index (κ2) is 6.25. The first kappa shape index (κ1) is 15.7. The van der Waals surface area contributed by atoms with Crippen LogP contribution < -0.4 is 5.73 Å². The zero-order chi connectivity index (χ0) is 17.4. The first-order valence-corrected chi connectivity index (χ1v) is 8.50. The Hall–Kier alpha value is -2.80. The summed E-state index contributed by atoms with van der Waals surface area (Å²) in [5, 5.41) is 9.44. The quantitative estimate of drug-likeness (QED) is 0.759. The maximum atomic E-state index is 12.4. The molecular formula is C18H20N6O. The number of likely N-dealkylation sites (tertiary alicyclic amines) is 1. The van der Waals surface area contributed by atoms with Gasteiger partial charge in [0.05, 0.1) is 5.69 Å². The largest absolute Gasteiger partial charge is 0.346 e. The lowest BCUT2D eigenvalue weighted by Gasteiger charge is -2.14. The number of hydrogen-bond acceptors (Lipinski definition) is 5. The van der Waals surface area contributed by atoms with Crippen molar-refractivity contribution in [2.45, 2.75) is 25.8 Å². The third-order valence-electron chi connectivity index (χ3n) is 4.69. The molecule has 1 aliphatic rings. The van der Waals surface area contributed by atoms with Crippen LogP contribution in [0.25, 0.3) is 22.3 Å². The Kier molecular flexibility index (Phi) is 3.93. The minimum absolute atomic E-state index is 0.0584. The van der Waals surface area contributed by atoms with Gasteiger partial charge in [0.15, 0.2) is 5.69 Å². The number of aromatic amines is 1. The number of H-pyrrole nitrogens is 1. The minimum Gasteiger partial charge on any atom is -0.346 e. The van der Waals surface area contributed by atoms with E-state index in [1.54, 1.807) is 17.2 Å². The zero-order valence-electron chi connectivity index (χ0n) is 14.1. The van der Waals surface area contributed by atoms with E-state index in [0.29, 0.717) is 24.5 Å². The monoisotopic (exact) mass is 336 g/mol. The molecule has 7 heteroatoms. The van der Waals surface area contributed by atoms with Crippen LogP contribution in [-0.4, -0.2) is 50.1 Å². The molecule has 0 radical (unpaired) electrons. The van der Waals surface area contributed by atoms with Crippen LogP contribution in [0.15, 0.2) is 30.6 Å². The SMILES string of the molecule is CCc1c[nH]c2ncc(-c3ccc(C(=O)N4CCC(N)C4)nn3)cc12. The van der Waals surface area contributed by atoms with Crippen molar-refractivity contribution in [3.05, 3.63) is 41.9 Å². The van der Waals surface area contributed by atoms with Gasteiger partial charge in [-0.05, 0) is 36.6 Å². The lowest BCUT2D eigenvalue weighted by molar-refractivity contribution is 0.0784. The van der Waals surface area contributed by atoms with E-state index in [0.717, 1.165) is 29.4 Å². The topological polar surface area (TPSA) is 101 Å². The van der Waals surface area contributed by atoms with Crippen molar-refractivity contribution in [3.63, 3.8) is 0 Å². The highest BCUT2D eigenvalue weighted by atomic mass is 16.2. The van der Waals surface area contributed by atoms with E-state index in [4.69, 9.17) is 5.73 Å². The first-order valence-electron chi connectivity index (χ1n) is 8.50. The summed E-state index contributed by atoms with van der Waals surface area (Å²) in [6.45, 7) is 3.37. The van der Waals surface area contributed by atoms with Crippen LogP contribution in [0.1, 0.15) is 29.4 Å². The van der Waals surface area contributed by atoms with Gasteiger partial charge in [-0.25, -0.2) is 4.98 Å². The van der Waals surface area contributed by atoms with Crippen LogP contribution in [0.5, 0.6) is 0 Å². The molecule has 0 aliphatic carbocycles. The van der Waals surface area contributed by atoms with E-state index in [9.17, 15) is 4.79 Å². The van der Waals surface area contributed by atoms with Crippen molar-refractivity contribution in [2.24, 2.45) is 5.73 Å². The van der Waals surface area contributed by atoms with Crippen LogP contribution in [0.2, 0.25) is 0 Å². The van der Waals surface area contributed by atoms with Crippen molar-refractivity contribution in [3.8, 4) is 11.3 Å². The van der Waals surface area contributed by atoms with E-state index in [-0.39, 0.29) is 11.9 Å². The first-order chi connectivity index (χ1) is 12.2. The normalized spacial score (nSPS) is 17.4. The number of aromatic nitrogens is 4. The highest BCUT2D eigenvalue weighted by Crippen LogP contribution is 2.23. The molecule has 0 saturated carbocycles. The van der Waals surface area contributed by atoms with Crippen molar-refractivity contribution in [1.82, 2.24) is 25.1 Å². The third kappa shape index (κ3) is 2.87. The van der Waals surface area contributed by atoms with Gasteiger partial charge in [0.25, 0.3) is 5.91 Å². The Balaban J connectivity index is 1.60. The van der Waals surface area contributed by atoms with E-state index in [1.165, 1.54) is 5.56 Å². The van der Waals surface area contributed by atoms with Crippen LogP contribution in [0.3, 0.4) is 0 Å². The fourth-order valence-electron chi connectivity index (χ4n) is 3.22. The number of nitrogens with one attached hydrogen (secondary N) is 1. The van der Waals surface area contributed by atoms with Gasteiger partial charge in [0.1, 0.15) is 5.65 Å². The molecule has 4 heterocycles. The van der Waals surface area contributed by atoms with Gasteiger partial charge in [0.2, 0.25) is 0 Å². The van der Waals surface area contributed by atoms with E-state index >= 15 is 0 Å². The zero-order valence-corrected chi connectivity index (χ0v) is 14.1. The molecule has 1 amide bonds. The number of amides is 1. The maximum Gasteiger partial charge on any atom is 0.274 e. The van der Waals surface area contributed by atoms with Crippen molar-refractivity contribution in [2.75, 3.05) is 13.1 Å². The number of nitrogens with zero attached hydrogens (tertiary/aromatic N) is 4. The molecular weight excluding hydrogens is 316 g/mol. The van der Waals surface area contributed by atoms with Crippen LogP contribution in [0, 0.1) is 0 Å². The number of pyridine rings is 1. The summed E-state index contributed by atoms with van der Waals surface area (Å²) in [6, 6.07) is 5.65. The summed E-state index contributed by atoms with van der Waals surface area (Å²) in [7, 11) is 0. The predicted octanol–water partition coefficient (Wildman–Crippen LogP) is 1.76. The standard InChI is InChI=1S/C18H20N6O/c1-2-11-8-20-17-14(11)7-12(9-21-17)15-3-4-16(23-22-15)18(25)24-6-5-13(19)10-24/h3-4,7-9,13H,2,5-6,10,19H2,1H3,(H,20,21). The van der Waals surface area contributed by atoms with Gasteiger partial charge < -0.3 is 15.6 Å². The number of fused-ring (bicyclic) bond motifs is 1. The lowest BCUT2D eigenvalue weighted by Crippen LogP contribution is -2.32. The van der Waals surface area contributed by atoms with Crippen molar-refractivity contribution in [1.29, 1.82) is 0 Å². The Labute approximate surface area is 145 Å². The molecule has 1 aliphatic heterocycles. The predicted molar refractivity (Wildman–Crippen MR) is 95.0 cm³/mol. The average molecular weight is 336 g/mol. The Morgan fingerprint density at radius 2 is 2.28 bits per heavy atom. The summed E-state index contributed by atoms with van der Waals surface area (Å²) in [5.41, 5.74) is 9.88. The Morgan fingerprint density at radius 1 is 1.40 bits per heavy atom. The Morgan fingerprint density at radius 3 is 2.96 bits per heavy atom. The molecule has 1 saturated heterocycles. The van der Waals surface area contributed by atoms with Crippen LogP contribution in [-0.2, 0) is 6.42 Å².